The molecule has 0 radical (unpaired) electrons. The van der Waals surface area contributed by atoms with Crippen LogP contribution in [0.2, 0.25) is 0 Å². The first-order valence-electron chi connectivity index (χ1n) is 3.31. The van der Waals surface area contributed by atoms with E-state index in [0.29, 0.717) is 6.79 Å². The Morgan fingerprint density at radius 1 is 1.25 bits per heavy atom. The van der Waals surface area contributed by atoms with Crippen molar-refractivity contribution in [2.75, 3.05) is 13.9 Å². The number of halogens is 2. The van der Waals surface area contributed by atoms with Gasteiger partial charge in [0.1, 0.15) is 5.75 Å². The van der Waals surface area contributed by atoms with E-state index in [1.807, 2.05) is 18.2 Å². The van der Waals surface area contributed by atoms with Gasteiger partial charge < -0.3 is 9.47 Å². The molecule has 1 aromatic rings. The topological polar surface area (TPSA) is 18.5 Å². The van der Waals surface area contributed by atoms with Gasteiger partial charge in [0, 0.05) is 7.11 Å². The van der Waals surface area contributed by atoms with E-state index in [1.54, 1.807) is 7.11 Å². The van der Waals surface area contributed by atoms with Gasteiger partial charge in [-0.3, -0.25) is 0 Å². The Hall–Kier alpha value is 0.440. The lowest BCUT2D eigenvalue weighted by molar-refractivity contribution is 0.0499. The highest BCUT2D eigenvalue weighted by molar-refractivity contribution is 14.1. The Labute approximate surface area is 98.9 Å². The fourth-order valence-electron chi connectivity index (χ4n) is 0.738. The molecule has 0 heterocycles. The van der Waals surface area contributed by atoms with Crippen LogP contribution in [0.1, 0.15) is 0 Å². The Morgan fingerprint density at radius 3 is 2.33 bits per heavy atom. The van der Waals surface area contributed by atoms with E-state index >= 15 is 0 Å². The van der Waals surface area contributed by atoms with Gasteiger partial charge in [0.15, 0.2) is 6.79 Å². The predicted molar refractivity (Wildman–Crippen MR) is 64.4 cm³/mol. The fourth-order valence-corrected chi connectivity index (χ4v) is 2.56. The molecule has 12 heavy (non-hydrogen) atoms. The molecule has 0 amide bonds. The molecule has 66 valence electrons. The van der Waals surface area contributed by atoms with Crippen LogP contribution in [0.15, 0.2) is 18.2 Å². The maximum atomic E-state index is 5.38. The van der Waals surface area contributed by atoms with Crippen molar-refractivity contribution in [3.05, 3.63) is 25.3 Å². The minimum absolute atomic E-state index is 0.302. The second-order valence-corrected chi connectivity index (χ2v) is 4.43. The smallest absolute Gasteiger partial charge is 0.188 e. The van der Waals surface area contributed by atoms with Gasteiger partial charge in [-0.25, -0.2) is 0 Å². The van der Waals surface area contributed by atoms with E-state index in [2.05, 4.69) is 45.2 Å². The van der Waals surface area contributed by atoms with E-state index in [-0.39, 0.29) is 0 Å². The van der Waals surface area contributed by atoms with Gasteiger partial charge in [-0.05, 0) is 57.3 Å². The minimum Gasteiger partial charge on any atom is -0.465 e. The van der Waals surface area contributed by atoms with E-state index in [0.717, 1.165) is 12.9 Å². The molecule has 2 nitrogen and oxygen atoms in total. The zero-order valence-corrected chi connectivity index (χ0v) is 10.8. The van der Waals surface area contributed by atoms with Crippen LogP contribution in [0.5, 0.6) is 5.75 Å². The highest BCUT2D eigenvalue weighted by Gasteiger charge is 2.04. The van der Waals surface area contributed by atoms with Crippen LogP contribution in [0.4, 0.5) is 0 Å². The molecule has 0 atom stereocenters. The molecule has 4 heteroatoms. The summed E-state index contributed by atoms with van der Waals surface area (Å²) in [5.74, 6) is 0.903. The minimum atomic E-state index is 0.302. The molecule has 0 fully saturated rings. The van der Waals surface area contributed by atoms with Crippen molar-refractivity contribution < 1.29 is 9.47 Å². The normalized spacial score (nSPS) is 9.92. The second kappa shape index (κ2) is 5.23. The van der Waals surface area contributed by atoms with Crippen molar-refractivity contribution in [1.29, 1.82) is 0 Å². The molecule has 0 saturated carbocycles. The molecule has 0 aliphatic heterocycles. The summed E-state index contributed by atoms with van der Waals surface area (Å²) in [6.07, 6.45) is 0. The average Bonchev–Trinajstić information content (AvgIpc) is 2.04. The number of methoxy groups -OCH3 is 1. The van der Waals surface area contributed by atoms with Gasteiger partial charge in [-0.2, -0.15) is 0 Å². The molecule has 0 unspecified atom stereocenters. The van der Waals surface area contributed by atoms with Crippen molar-refractivity contribution in [3.63, 3.8) is 0 Å². The number of rotatable bonds is 3. The summed E-state index contributed by atoms with van der Waals surface area (Å²) in [6.45, 7) is 0.302. The Kier molecular flexibility index (Phi) is 4.59. The van der Waals surface area contributed by atoms with Gasteiger partial charge in [0.05, 0.1) is 7.14 Å². The van der Waals surface area contributed by atoms with Crippen LogP contribution in [0.3, 0.4) is 0 Å². The van der Waals surface area contributed by atoms with Gasteiger partial charge in [-0.1, -0.05) is 6.07 Å². The monoisotopic (exact) mass is 390 g/mol. The Morgan fingerprint density at radius 2 is 1.83 bits per heavy atom. The number of hydrogen-bond acceptors (Lipinski definition) is 2. The number of ether oxygens (including phenoxy) is 2. The van der Waals surface area contributed by atoms with E-state index in [1.165, 1.54) is 0 Å². The molecule has 0 bridgehead atoms. The highest BCUT2D eigenvalue weighted by atomic mass is 127. The summed E-state index contributed by atoms with van der Waals surface area (Å²) in [4.78, 5) is 0. The van der Waals surface area contributed by atoms with E-state index in [9.17, 15) is 0 Å². The fraction of sp³-hybridized carbons (Fsp3) is 0.250. The Bertz CT molecular complexity index is 243. The number of benzene rings is 1. The maximum Gasteiger partial charge on any atom is 0.188 e. The first-order chi connectivity index (χ1) is 5.75. The first kappa shape index (κ1) is 10.5. The third kappa shape index (κ3) is 2.74. The zero-order chi connectivity index (χ0) is 8.97. The molecule has 0 N–H and O–H groups in total. The summed E-state index contributed by atoms with van der Waals surface area (Å²) >= 11 is 4.48. The quantitative estimate of drug-likeness (QED) is 0.584. The summed E-state index contributed by atoms with van der Waals surface area (Å²) in [7, 11) is 1.61. The lowest BCUT2D eigenvalue weighted by Crippen LogP contribution is -2.01. The van der Waals surface area contributed by atoms with Crippen LogP contribution < -0.4 is 4.74 Å². The lowest BCUT2D eigenvalue weighted by Gasteiger charge is -2.08. The average molecular weight is 390 g/mol. The third-order valence-electron chi connectivity index (χ3n) is 1.24. The van der Waals surface area contributed by atoms with Crippen LogP contribution in [-0.2, 0) is 4.74 Å². The SMILES string of the molecule is COCOc1c(I)cccc1I. The molecule has 0 aliphatic rings. The van der Waals surface area contributed by atoms with E-state index in [4.69, 9.17) is 9.47 Å². The van der Waals surface area contributed by atoms with Crippen LogP contribution >= 0.6 is 45.2 Å². The van der Waals surface area contributed by atoms with Crippen molar-refractivity contribution in [2.45, 2.75) is 0 Å². The van der Waals surface area contributed by atoms with Crippen LogP contribution in [-0.4, -0.2) is 13.9 Å². The van der Waals surface area contributed by atoms with Crippen molar-refractivity contribution in [2.24, 2.45) is 0 Å². The van der Waals surface area contributed by atoms with Crippen molar-refractivity contribution in [3.8, 4) is 5.75 Å². The highest BCUT2D eigenvalue weighted by Crippen LogP contribution is 2.26. The van der Waals surface area contributed by atoms with Gasteiger partial charge in [0.2, 0.25) is 0 Å². The number of para-hydroxylation sites is 1. The lowest BCUT2D eigenvalue weighted by atomic mass is 10.3. The Balaban J connectivity index is 2.81. The van der Waals surface area contributed by atoms with Gasteiger partial charge in [-0.15, -0.1) is 0 Å². The van der Waals surface area contributed by atoms with Gasteiger partial charge >= 0.3 is 0 Å². The van der Waals surface area contributed by atoms with E-state index < -0.39 is 0 Å². The largest absolute Gasteiger partial charge is 0.465 e. The molecule has 0 spiro atoms. The summed E-state index contributed by atoms with van der Waals surface area (Å²) < 4.78 is 12.4. The first-order valence-corrected chi connectivity index (χ1v) is 5.47. The van der Waals surface area contributed by atoms with Crippen LogP contribution in [0, 0.1) is 7.14 Å². The maximum absolute atomic E-state index is 5.38. The van der Waals surface area contributed by atoms with Crippen LogP contribution in [0.25, 0.3) is 0 Å². The molecule has 0 saturated heterocycles. The molecule has 1 rings (SSSR count). The molecular formula is C8H8I2O2. The molecule has 1 aromatic carbocycles. The third-order valence-corrected chi connectivity index (χ3v) is 2.94. The molecular weight excluding hydrogens is 382 g/mol. The van der Waals surface area contributed by atoms with Crippen molar-refractivity contribution in [1.82, 2.24) is 0 Å². The number of hydrogen-bond donors (Lipinski definition) is 0. The molecule has 0 aromatic heterocycles. The predicted octanol–water partition coefficient (Wildman–Crippen LogP) is 2.88. The molecule has 0 aliphatic carbocycles. The summed E-state index contributed by atoms with van der Waals surface area (Å²) in [6, 6.07) is 6.02. The zero-order valence-electron chi connectivity index (χ0n) is 6.51. The summed E-state index contributed by atoms with van der Waals surface area (Å²) in [5.41, 5.74) is 0. The van der Waals surface area contributed by atoms with Gasteiger partial charge in [0.25, 0.3) is 0 Å². The second-order valence-electron chi connectivity index (χ2n) is 2.10. The summed E-state index contributed by atoms with van der Waals surface area (Å²) in [5, 5.41) is 0. The van der Waals surface area contributed by atoms with Crippen molar-refractivity contribution >= 4 is 45.2 Å². The standard InChI is InChI=1S/C8H8I2O2/c1-11-5-12-8-6(9)3-2-4-7(8)10/h2-4H,5H2,1H3.